The van der Waals surface area contributed by atoms with E-state index in [1.54, 1.807) is 16.7 Å². The molecule has 0 aromatic heterocycles. The fourth-order valence-corrected chi connectivity index (χ4v) is 2.47. The van der Waals surface area contributed by atoms with Gasteiger partial charge in [-0.15, -0.1) is 11.8 Å². The zero-order valence-corrected chi connectivity index (χ0v) is 9.72. The number of thioether (sulfide) groups is 1. The predicted octanol–water partition coefficient (Wildman–Crippen LogP) is 1.11. The van der Waals surface area contributed by atoms with E-state index in [2.05, 4.69) is 6.92 Å². The third-order valence-electron chi connectivity index (χ3n) is 2.39. The molecule has 0 saturated carbocycles. The molecule has 1 heterocycles. The van der Waals surface area contributed by atoms with Gasteiger partial charge in [0.25, 0.3) is 0 Å². The molecule has 3 nitrogen and oxygen atoms in total. The van der Waals surface area contributed by atoms with Crippen LogP contribution in [0.25, 0.3) is 0 Å². The van der Waals surface area contributed by atoms with E-state index < -0.39 is 0 Å². The zero-order valence-electron chi connectivity index (χ0n) is 8.90. The molecule has 1 atom stereocenters. The van der Waals surface area contributed by atoms with Gasteiger partial charge in [0, 0.05) is 13.1 Å². The molecule has 0 aromatic carbocycles. The molecule has 1 rings (SSSR count). The Kier molecular flexibility index (Phi) is 4.75. The van der Waals surface area contributed by atoms with Crippen LogP contribution >= 0.6 is 11.8 Å². The van der Waals surface area contributed by atoms with Crippen molar-refractivity contribution in [1.82, 2.24) is 4.90 Å². The van der Waals surface area contributed by atoms with Gasteiger partial charge >= 0.3 is 0 Å². The lowest BCUT2D eigenvalue weighted by molar-refractivity contribution is -0.140. The molecule has 1 amide bonds. The van der Waals surface area contributed by atoms with Crippen LogP contribution < -0.4 is 0 Å². The number of hydrogen-bond donors (Lipinski definition) is 1. The number of carbonyl (C=O) groups excluding carboxylic acids is 1. The SMILES string of the molecule is CCCCSC(C)C(=O)N1CC(O)C1. The summed E-state index contributed by atoms with van der Waals surface area (Å²) < 4.78 is 0. The van der Waals surface area contributed by atoms with E-state index in [1.165, 1.54) is 12.8 Å². The highest BCUT2D eigenvalue weighted by Crippen LogP contribution is 2.18. The van der Waals surface area contributed by atoms with E-state index in [0.29, 0.717) is 13.1 Å². The van der Waals surface area contributed by atoms with Crippen LogP contribution in [-0.4, -0.2) is 46.1 Å². The van der Waals surface area contributed by atoms with Crippen molar-refractivity contribution in [3.8, 4) is 0 Å². The number of rotatable bonds is 5. The number of β-amino-alcohol motifs (C(OH)–C–C–N with tert-alkyl or cyclic N) is 1. The summed E-state index contributed by atoms with van der Waals surface area (Å²) in [7, 11) is 0. The monoisotopic (exact) mass is 217 g/mol. The Balaban J connectivity index is 2.16. The third kappa shape index (κ3) is 3.17. The van der Waals surface area contributed by atoms with Crippen LogP contribution in [0, 0.1) is 0 Å². The van der Waals surface area contributed by atoms with Gasteiger partial charge in [0.2, 0.25) is 5.91 Å². The van der Waals surface area contributed by atoms with E-state index >= 15 is 0 Å². The molecule has 0 aliphatic carbocycles. The minimum atomic E-state index is -0.285. The van der Waals surface area contributed by atoms with Gasteiger partial charge in [-0.2, -0.15) is 0 Å². The summed E-state index contributed by atoms with van der Waals surface area (Å²) in [5.41, 5.74) is 0. The Morgan fingerprint density at radius 1 is 1.64 bits per heavy atom. The highest BCUT2D eigenvalue weighted by atomic mass is 32.2. The van der Waals surface area contributed by atoms with Crippen LogP contribution in [0.4, 0.5) is 0 Å². The Morgan fingerprint density at radius 3 is 2.79 bits per heavy atom. The zero-order chi connectivity index (χ0) is 10.6. The Morgan fingerprint density at radius 2 is 2.29 bits per heavy atom. The van der Waals surface area contributed by atoms with Gasteiger partial charge in [0.1, 0.15) is 0 Å². The van der Waals surface area contributed by atoms with Crippen LogP contribution in [0.5, 0.6) is 0 Å². The highest BCUT2D eigenvalue weighted by Gasteiger charge is 2.31. The molecule has 1 N–H and O–H groups in total. The molecule has 1 aliphatic rings. The Labute approximate surface area is 89.9 Å². The van der Waals surface area contributed by atoms with Crippen molar-refractivity contribution in [2.45, 2.75) is 38.0 Å². The molecule has 1 unspecified atom stereocenters. The predicted molar refractivity (Wildman–Crippen MR) is 59.4 cm³/mol. The summed E-state index contributed by atoms with van der Waals surface area (Å²) in [5.74, 6) is 1.23. The first-order valence-electron chi connectivity index (χ1n) is 5.23. The average Bonchev–Trinajstić information content (AvgIpc) is 2.12. The van der Waals surface area contributed by atoms with Crippen molar-refractivity contribution in [2.75, 3.05) is 18.8 Å². The van der Waals surface area contributed by atoms with Crippen molar-refractivity contribution >= 4 is 17.7 Å². The number of aliphatic hydroxyl groups is 1. The second-order valence-electron chi connectivity index (χ2n) is 3.76. The standard InChI is InChI=1S/C10H19NO2S/c1-3-4-5-14-8(2)10(13)11-6-9(12)7-11/h8-9,12H,3-7H2,1-2H3. The van der Waals surface area contributed by atoms with E-state index in [-0.39, 0.29) is 17.3 Å². The van der Waals surface area contributed by atoms with E-state index in [0.717, 1.165) is 5.75 Å². The van der Waals surface area contributed by atoms with Crippen molar-refractivity contribution in [1.29, 1.82) is 0 Å². The molecular formula is C10H19NO2S. The van der Waals surface area contributed by atoms with Gasteiger partial charge in [-0.3, -0.25) is 4.79 Å². The highest BCUT2D eigenvalue weighted by molar-refractivity contribution is 8.00. The second-order valence-corrected chi connectivity index (χ2v) is 5.21. The molecule has 1 aliphatic heterocycles. The van der Waals surface area contributed by atoms with Gasteiger partial charge < -0.3 is 10.0 Å². The molecule has 0 spiro atoms. The van der Waals surface area contributed by atoms with Crippen LogP contribution in [0.2, 0.25) is 0 Å². The molecule has 1 saturated heterocycles. The fourth-order valence-electron chi connectivity index (χ4n) is 1.37. The lowest BCUT2D eigenvalue weighted by Crippen LogP contribution is -2.55. The van der Waals surface area contributed by atoms with Crippen molar-refractivity contribution in [3.05, 3.63) is 0 Å². The summed E-state index contributed by atoms with van der Waals surface area (Å²) in [6, 6.07) is 0. The van der Waals surface area contributed by atoms with Gasteiger partial charge in [0.05, 0.1) is 11.4 Å². The molecule has 4 heteroatoms. The molecule has 0 bridgehead atoms. The summed E-state index contributed by atoms with van der Waals surface area (Å²) in [6.07, 6.45) is 2.06. The van der Waals surface area contributed by atoms with Crippen molar-refractivity contribution < 1.29 is 9.90 Å². The molecule has 0 aromatic rings. The van der Waals surface area contributed by atoms with Gasteiger partial charge in [-0.1, -0.05) is 13.3 Å². The van der Waals surface area contributed by atoms with Crippen LogP contribution in [0.15, 0.2) is 0 Å². The Bertz CT molecular complexity index is 193. The minimum absolute atomic E-state index is 0.0500. The van der Waals surface area contributed by atoms with E-state index in [9.17, 15) is 4.79 Å². The first-order chi connectivity index (χ1) is 6.65. The lowest BCUT2D eigenvalue weighted by atomic mass is 10.1. The lowest BCUT2D eigenvalue weighted by Gasteiger charge is -2.37. The number of nitrogens with zero attached hydrogens (tertiary/aromatic N) is 1. The van der Waals surface area contributed by atoms with Gasteiger partial charge in [-0.25, -0.2) is 0 Å². The van der Waals surface area contributed by atoms with Crippen LogP contribution in [0.1, 0.15) is 26.7 Å². The van der Waals surface area contributed by atoms with Crippen molar-refractivity contribution in [2.24, 2.45) is 0 Å². The maximum atomic E-state index is 11.7. The average molecular weight is 217 g/mol. The topological polar surface area (TPSA) is 40.5 Å². The first kappa shape index (κ1) is 11.9. The summed E-state index contributed by atoms with van der Waals surface area (Å²) in [6.45, 7) is 5.15. The molecule has 14 heavy (non-hydrogen) atoms. The normalized spacial score (nSPS) is 19.2. The van der Waals surface area contributed by atoms with Crippen LogP contribution in [0.3, 0.4) is 0 Å². The largest absolute Gasteiger partial charge is 0.389 e. The number of aliphatic hydroxyl groups excluding tert-OH is 1. The number of likely N-dealkylation sites (tertiary alicyclic amines) is 1. The number of hydrogen-bond acceptors (Lipinski definition) is 3. The fraction of sp³-hybridized carbons (Fsp3) is 0.900. The second kappa shape index (κ2) is 5.61. The van der Waals surface area contributed by atoms with Gasteiger partial charge in [-0.05, 0) is 19.1 Å². The number of carbonyl (C=O) groups is 1. The number of amides is 1. The molecule has 82 valence electrons. The quantitative estimate of drug-likeness (QED) is 0.701. The molecule has 0 radical (unpaired) electrons. The van der Waals surface area contributed by atoms with Crippen molar-refractivity contribution in [3.63, 3.8) is 0 Å². The Hall–Kier alpha value is -0.220. The minimum Gasteiger partial charge on any atom is -0.389 e. The third-order valence-corrected chi connectivity index (χ3v) is 3.61. The molecular weight excluding hydrogens is 198 g/mol. The maximum absolute atomic E-state index is 11.7. The summed E-state index contributed by atoms with van der Waals surface area (Å²) in [5, 5.41) is 9.11. The van der Waals surface area contributed by atoms with E-state index in [4.69, 9.17) is 5.11 Å². The maximum Gasteiger partial charge on any atom is 0.235 e. The number of unbranched alkanes of at least 4 members (excludes halogenated alkanes) is 1. The van der Waals surface area contributed by atoms with Gasteiger partial charge in [0.15, 0.2) is 0 Å². The smallest absolute Gasteiger partial charge is 0.235 e. The summed E-state index contributed by atoms with van der Waals surface area (Å²) >= 11 is 1.72. The van der Waals surface area contributed by atoms with Crippen LogP contribution in [-0.2, 0) is 4.79 Å². The molecule has 1 fully saturated rings. The first-order valence-corrected chi connectivity index (χ1v) is 6.28. The summed E-state index contributed by atoms with van der Waals surface area (Å²) in [4.78, 5) is 13.4. The van der Waals surface area contributed by atoms with E-state index in [1.807, 2.05) is 6.92 Å².